The van der Waals surface area contributed by atoms with Gasteiger partial charge in [0.25, 0.3) is 11.8 Å². The summed E-state index contributed by atoms with van der Waals surface area (Å²) in [6.45, 7) is 0. The maximum atomic E-state index is 12.6. The smallest absolute Gasteiger partial charge is 0.324 e. The lowest BCUT2D eigenvalue weighted by atomic mass is 10.1. The lowest BCUT2D eigenvalue weighted by Crippen LogP contribution is -2.32. The third-order valence-electron chi connectivity index (χ3n) is 4.18. The van der Waals surface area contributed by atoms with E-state index in [0.29, 0.717) is 5.06 Å². The summed E-state index contributed by atoms with van der Waals surface area (Å²) in [6, 6.07) is 12.1. The maximum absolute atomic E-state index is 12.6. The zero-order valence-electron chi connectivity index (χ0n) is 14.4. The number of rotatable bonds is 3. The van der Waals surface area contributed by atoms with Crippen molar-refractivity contribution in [3.8, 4) is 5.69 Å². The monoisotopic (exact) mass is 401 g/mol. The molecule has 0 fully saturated rings. The zero-order valence-corrected chi connectivity index (χ0v) is 14.4. The molecule has 0 bridgehead atoms. The van der Waals surface area contributed by atoms with E-state index >= 15 is 0 Å². The summed E-state index contributed by atoms with van der Waals surface area (Å²) in [5, 5.41) is 3.81. The first-order valence-electron chi connectivity index (χ1n) is 8.19. The quantitative estimate of drug-likeness (QED) is 0.630. The molecule has 2 heterocycles. The van der Waals surface area contributed by atoms with Gasteiger partial charge < -0.3 is 4.84 Å². The van der Waals surface area contributed by atoms with Crippen molar-refractivity contribution in [3.63, 3.8) is 0 Å². The number of aromatic nitrogens is 2. The number of amides is 2. The normalized spacial score (nSPS) is 13.6. The molecule has 0 aliphatic carbocycles. The Kier molecular flexibility index (Phi) is 4.18. The first-order chi connectivity index (χ1) is 13.8. The number of carbonyl (C=O) groups excluding carboxylic acids is 3. The van der Waals surface area contributed by atoms with Crippen molar-refractivity contribution >= 4 is 17.8 Å². The summed E-state index contributed by atoms with van der Waals surface area (Å²) < 4.78 is 38.9. The van der Waals surface area contributed by atoms with E-state index in [-0.39, 0.29) is 22.4 Å². The van der Waals surface area contributed by atoms with Crippen LogP contribution in [0.3, 0.4) is 0 Å². The third-order valence-corrected chi connectivity index (χ3v) is 4.18. The van der Waals surface area contributed by atoms with Crippen LogP contribution in [0.25, 0.3) is 5.69 Å². The van der Waals surface area contributed by atoms with Crippen LogP contribution in [0.1, 0.15) is 36.8 Å². The number of benzene rings is 2. The molecule has 146 valence electrons. The fourth-order valence-corrected chi connectivity index (χ4v) is 2.75. The fourth-order valence-electron chi connectivity index (χ4n) is 2.75. The molecule has 0 atom stereocenters. The van der Waals surface area contributed by atoms with Crippen molar-refractivity contribution < 1.29 is 32.4 Å². The van der Waals surface area contributed by atoms with Gasteiger partial charge in [-0.05, 0) is 42.5 Å². The van der Waals surface area contributed by atoms with Gasteiger partial charge in [-0.1, -0.05) is 17.2 Å². The molecule has 2 amide bonds. The molecule has 3 aromatic rings. The van der Waals surface area contributed by atoms with Gasteiger partial charge in [-0.15, -0.1) is 0 Å². The highest BCUT2D eigenvalue weighted by Gasteiger charge is 2.38. The van der Waals surface area contributed by atoms with E-state index in [1.54, 1.807) is 12.1 Å². The lowest BCUT2D eigenvalue weighted by molar-refractivity contribution is -0.141. The number of alkyl halides is 3. The lowest BCUT2D eigenvalue weighted by Gasteiger charge is -2.12. The van der Waals surface area contributed by atoms with Crippen molar-refractivity contribution in [2.24, 2.45) is 0 Å². The van der Waals surface area contributed by atoms with Crippen molar-refractivity contribution in [3.05, 3.63) is 83.2 Å². The Balaban J connectivity index is 1.50. The van der Waals surface area contributed by atoms with Gasteiger partial charge in [-0.3, -0.25) is 9.59 Å². The number of carbonyl (C=O) groups is 3. The first-order valence-corrected chi connectivity index (χ1v) is 8.19. The summed E-state index contributed by atoms with van der Waals surface area (Å²) in [5.74, 6) is -2.49. The zero-order chi connectivity index (χ0) is 20.8. The number of halogens is 3. The topological polar surface area (TPSA) is 81.5 Å². The molecule has 1 aliphatic heterocycles. The van der Waals surface area contributed by atoms with E-state index in [9.17, 15) is 27.6 Å². The Bertz CT molecular complexity index is 1100. The standard InChI is InChI=1S/C19H10F3N3O4/c20-19(21,22)15-9-10-24(23-15)12-7-5-11(6-8-12)18(28)29-25-16(26)13-3-1-2-4-14(13)17(25)27/h1-10H. The summed E-state index contributed by atoms with van der Waals surface area (Å²) >= 11 is 0. The average Bonchev–Trinajstić information content (AvgIpc) is 3.29. The Morgan fingerprint density at radius 3 is 2.00 bits per heavy atom. The van der Waals surface area contributed by atoms with Crippen LogP contribution in [0, 0.1) is 0 Å². The van der Waals surface area contributed by atoms with Gasteiger partial charge in [0, 0.05) is 6.20 Å². The van der Waals surface area contributed by atoms with E-state index in [2.05, 4.69) is 5.10 Å². The highest BCUT2D eigenvalue weighted by Crippen LogP contribution is 2.28. The minimum atomic E-state index is -4.57. The number of nitrogens with zero attached hydrogens (tertiary/aromatic N) is 3. The first kappa shape index (κ1) is 18.4. The number of hydroxylamine groups is 2. The van der Waals surface area contributed by atoms with E-state index in [4.69, 9.17) is 4.84 Å². The van der Waals surface area contributed by atoms with E-state index in [0.717, 1.165) is 16.9 Å². The summed E-state index contributed by atoms with van der Waals surface area (Å²) in [5.41, 5.74) is -0.530. The molecule has 1 aliphatic rings. The van der Waals surface area contributed by atoms with Gasteiger partial charge in [-0.25, -0.2) is 9.48 Å². The molecule has 29 heavy (non-hydrogen) atoms. The predicted octanol–water partition coefficient (Wildman–Crippen LogP) is 3.26. The molecule has 1 aromatic heterocycles. The van der Waals surface area contributed by atoms with Crippen molar-refractivity contribution in [2.75, 3.05) is 0 Å². The van der Waals surface area contributed by atoms with Crippen LogP contribution in [-0.4, -0.2) is 32.6 Å². The second-order valence-electron chi connectivity index (χ2n) is 6.02. The number of imide groups is 1. The molecule has 10 heteroatoms. The highest BCUT2D eigenvalue weighted by atomic mass is 19.4. The molecule has 0 unspecified atom stereocenters. The van der Waals surface area contributed by atoms with Crippen LogP contribution < -0.4 is 0 Å². The van der Waals surface area contributed by atoms with Crippen molar-refractivity contribution in [2.45, 2.75) is 6.18 Å². The Labute approximate surface area is 160 Å². The molecule has 4 rings (SSSR count). The van der Waals surface area contributed by atoms with Crippen LogP contribution in [0.2, 0.25) is 0 Å². The van der Waals surface area contributed by atoms with E-state index in [1.165, 1.54) is 36.4 Å². The van der Waals surface area contributed by atoms with Crippen molar-refractivity contribution in [1.82, 2.24) is 14.8 Å². The largest absolute Gasteiger partial charge is 0.435 e. The molecule has 0 saturated carbocycles. The summed E-state index contributed by atoms with van der Waals surface area (Å²) in [7, 11) is 0. The van der Waals surface area contributed by atoms with Gasteiger partial charge >= 0.3 is 12.1 Å². The summed E-state index contributed by atoms with van der Waals surface area (Å²) in [6.07, 6.45) is -3.43. The SMILES string of the molecule is O=C(ON1C(=O)c2ccccc2C1=O)c1ccc(-n2ccc(C(F)(F)F)n2)cc1. The average molecular weight is 401 g/mol. The van der Waals surface area contributed by atoms with Gasteiger partial charge in [0.1, 0.15) is 0 Å². The van der Waals surface area contributed by atoms with Crippen LogP contribution in [0.4, 0.5) is 13.2 Å². The molecule has 0 spiro atoms. The fraction of sp³-hybridized carbons (Fsp3) is 0.0526. The highest BCUT2D eigenvalue weighted by molar-refractivity contribution is 6.21. The second kappa shape index (κ2) is 6.59. The van der Waals surface area contributed by atoms with Crippen molar-refractivity contribution in [1.29, 1.82) is 0 Å². The number of hydrogen-bond donors (Lipinski definition) is 0. The minimum Gasteiger partial charge on any atom is -0.324 e. The Morgan fingerprint density at radius 1 is 0.897 bits per heavy atom. The Hall–Kier alpha value is -3.95. The molecule has 0 radical (unpaired) electrons. The molecular weight excluding hydrogens is 391 g/mol. The van der Waals surface area contributed by atoms with Gasteiger partial charge in [0.05, 0.1) is 22.4 Å². The third kappa shape index (κ3) is 3.24. The van der Waals surface area contributed by atoms with Crippen LogP contribution in [-0.2, 0) is 11.0 Å². The summed E-state index contributed by atoms with van der Waals surface area (Å²) in [4.78, 5) is 41.7. The molecule has 7 nitrogen and oxygen atoms in total. The Morgan fingerprint density at radius 2 is 1.48 bits per heavy atom. The maximum Gasteiger partial charge on any atom is 0.435 e. The van der Waals surface area contributed by atoms with Crippen LogP contribution >= 0.6 is 0 Å². The van der Waals surface area contributed by atoms with Gasteiger partial charge in [-0.2, -0.15) is 18.3 Å². The number of hydrogen-bond acceptors (Lipinski definition) is 5. The van der Waals surface area contributed by atoms with Gasteiger partial charge in [0.2, 0.25) is 0 Å². The van der Waals surface area contributed by atoms with E-state index in [1.807, 2.05) is 0 Å². The number of fused-ring (bicyclic) bond motifs is 1. The van der Waals surface area contributed by atoms with Crippen LogP contribution in [0.5, 0.6) is 0 Å². The molecular formula is C19H10F3N3O4. The molecule has 2 aromatic carbocycles. The minimum absolute atomic E-state index is 0.00601. The molecule has 0 saturated heterocycles. The second-order valence-corrected chi connectivity index (χ2v) is 6.02. The molecule has 0 N–H and O–H groups in total. The van der Waals surface area contributed by atoms with E-state index < -0.39 is 29.7 Å². The van der Waals surface area contributed by atoms with Crippen LogP contribution in [0.15, 0.2) is 60.8 Å². The predicted molar refractivity (Wildman–Crippen MR) is 90.9 cm³/mol. The van der Waals surface area contributed by atoms with Gasteiger partial charge in [0.15, 0.2) is 5.69 Å².